The van der Waals surface area contributed by atoms with E-state index >= 15 is 0 Å². The fourth-order valence-corrected chi connectivity index (χ4v) is 7.10. The van der Waals surface area contributed by atoms with Gasteiger partial charge in [-0.15, -0.1) is 17.7 Å². The van der Waals surface area contributed by atoms with Gasteiger partial charge in [0.15, 0.2) is 5.78 Å². The first-order valence-electron chi connectivity index (χ1n) is 16.9. The van der Waals surface area contributed by atoms with Crippen LogP contribution in [0.3, 0.4) is 0 Å². The first kappa shape index (κ1) is 34.1. The number of pyridine rings is 1. The molecule has 0 bridgehead atoms. The number of carbonyl (C=O) groups is 1. The van der Waals surface area contributed by atoms with Crippen molar-refractivity contribution in [3.8, 4) is 11.3 Å². The van der Waals surface area contributed by atoms with Crippen LogP contribution in [0.2, 0.25) is 0 Å². The van der Waals surface area contributed by atoms with Gasteiger partial charge in [-0.1, -0.05) is 108 Å². The fraction of sp³-hybridized carbons (Fsp3) is 0.415. The molecule has 7 rings (SSSR count). The number of para-hydroxylation sites is 1. The third-order valence-corrected chi connectivity index (χ3v) is 9.80. The molecule has 2 heterocycles. The summed E-state index contributed by atoms with van der Waals surface area (Å²) in [4.78, 5) is 16.1. The number of hydrogen-bond acceptors (Lipinski definition) is 4. The molecule has 2 aromatic heterocycles. The molecule has 2 aliphatic rings. The maximum absolute atomic E-state index is 11.0. The number of allylic oxidation sites excluding steroid dienone is 2. The molecule has 0 atom stereocenters. The quantitative estimate of drug-likeness (QED) is 0.106. The van der Waals surface area contributed by atoms with Crippen LogP contribution < -0.4 is 0 Å². The molecule has 46 heavy (non-hydrogen) atoms. The summed E-state index contributed by atoms with van der Waals surface area (Å²) < 4.78 is 6.41. The van der Waals surface area contributed by atoms with E-state index in [1.807, 2.05) is 33.8 Å². The summed E-state index contributed by atoms with van der Waals surface area (Å²) in [6, 6.07) is 21.4. The third-order valence-electron chi connectivity index (χ3n) is 9.80. The first-order chi connectivity index (χ1) is 21.7. The van der Waals surface area contributed by atoms with Crippen LogP contribution in [0.25, 0.3) is 44.0 Å². The minimum Gasteiger partial charge on any atom is -0.512 e. The number of nitrogens with zero attached hydrogens (tertiary/aromatic N) is 1. The molecule has 5 aromatic rings. The van der Waals surface area contributed by atoms with Crippen molar-refractivity contribution >= 4 is 38.5 Å². The topological polar surface area (TPSA) is 63.3 Å². The van der Waals surface area contributed by atoms with E-state index < -0.39 is 0 Å². The number of hydrogen-bond donors (Lipinski definition) is 1. The monoisotopic (exact) mass is 793 g/mol. The molecule has 2 fully saturated rings. The average Bonchev–Trinajstić information content (AvgIpc) is 3.82. The Bertz CT molecular complexity index is 1870. The zero-order chi connectivity index (χ0) is 31.7. The summed E-state index contributed by atoms with van der Waals surface area (Å²) in [5.74, 6) is 1.51. The smallest absolute Gasteiger partial charge is 0.161 e. The second-order valence-corrected chi connectivity index (χ2v) is 13.8. The molecule has 1 radical (unpaired) electrons. The summed E-state index contributed by atoms with van der Waals surface area (Å²) >= 11 is 0. The van der Waals surface area contributed by atoms with Crippen molar-refractivity contribution in [2.45, 2.75) is 97.8 Å². The maximum atomic E-state index is 11.0. The number of aliphatic hydroxyl groups is 1. The molecule has 0 unspecified atom stereocenters. The number of aryl methyl sites for hydroxylation is 1. The third kappa shape index (κ3) is 7.02. The standard InChI is InChI=1S/C32H30NO.C9H16O2.Ir/c1-20-16-27-24-12-6-7-13-30(24)34-32(27)28(17-20)31-25-15-14-23(21-8-2-3-9-21)18-26(25)29(19-33-31)22-10-4-5-11-22;1-6(2)8(10)5-9(11)7(3)4;/h6-7,12-16,18-19,21-22H,2-5,8-11H2,1H3;5-7,10H,1-4H3;/q-1;;/b;8-5-;. The molecule has 0 amide bonds. The Morgan fingerprint density at radius 1 is 0.870 bits per heavy atom. The fourth-order valence-electron chi connectivity index (χ4n) is 7.10. The van der Waals surface area contributed by atoms with Crippen LogP contribution in [0, 0.1) is 24.8 Å². The molecule has 0 saturated heterocycles. The summed E-state index contributed by atoms with van der Waals surface area (Å²) in [6.45, 7) is 9.44. The molecule has 1 N–H and O–H groups in total. The van der Waals surface area contributed by atoms with Crippen LogP contribution in [-0.2, 0) is 24.9 Å². The van der Waals surface area contributed by atoms with E-state index in [0.29, 0.717) is 11.8 Å². The average molecular weight is 793 g/mol. The van der Waals surface area contributed by atoms with E-state index in [1.54, 1.807) is 0 Å². The van der Waals surface area contributed by atoms with Crippen molar-refractivity contribution in [3.63, 3.8) is 0 Å². The summed E-state index contributed by atoms with van der Waals surface area (Å²) in [7, 11) is 0. The van der Waals surface area contributed by atoms with Gasteiger partial charge in [-0.2, -0.15) is 0 Å². The van der Waals surface area contributed by atoms with Crippen molar-refractivity contribution in [2.24, 2.45) is 11.8 Å². The SMILES string of the molecule is CC(C)C(=O)/C=C(\O)C(C)C.Cc1[c-]c(-c2ncc(C3CCCC3)c3cc(C4CCCC4)ccc23)c2oc3ccccc3c2c1.[Ir]. The zero-order valence-corrected chi connectivity index (χ0v) is 30.2. The minimum absolute atomic E-state index is 0. The number of rotatable bonds is 6. The molecule has 2 aliphatic carbocycles. The number of furan rings is 1. The van der Waals surface area contributed by atoms with Gasteiger partial charge in [-0.3, -0.25) is 4.79 Å². The molecule has 243 valence electrons. The maximum Gasteiger partial charge on any atom is 0.161 e. The molecule has 2 saturated carbocycles. The largest absolute Gasteiger partial charge is 0.512 e. The molecule has 0 spiro atoms. The molecular formula is C41H46IrNO3-. The number of aliphatic hydroxyl groups excluding tert-OH is 1. The molecule has 5 heteroatoms. The van der Waals surface area contributed by atoms with E-state index in [4.69, 9.17) is 9.40 Å². The number of benzene rings is 3. The molecule has 3 aromatic carbocycles. The zero-order valence-electron chi connectivity index (χ0n) is 27.8. The van der Waals surface area contributed by atoms with Crippen LogP contribution in [-0.4, -0.2) is 15.9 Å². The van der Waals surface area contributed by atoms with Crippen LogP contribution in [0.15, 0.2) is 71.0 Å². The van der Waals surface area contributed by atoms with Crippen molar-refractivity contribution in [2.75, 3.05) is 0 Å². The van der Waals surface area contributed by atoms with Crippen LogP contribution >= 0.6 is 0 Å². The van der Waals surface area contributed by atoms with E-state index in [0.717, 1.165) is 38.8 Å². The summed E-state index contributed by atoms with van der Waals surface area (Å²) in [5, 5.41) is 14.1. The van der Waals surface area contributed by atoms with Gasteiger partial charge in [0.1, 0.15) is 5.58 Å². The second-order valence-electron chi connectivity index (χ2n) is 13.8. The van der Waals surface area contributed by atoms with Gasteiger partial charge in [-0.05, 0) is 71.2 Å². The van der Waals surface area contributed by atoms with Crippen LogP contribution in [0.1, 0.15) is 108 Å². The summed E-state index contributed by atoms with van der Waals surface area (Å²) in [5.41, 5.74) is 7.90. The van der Waals surface area contributed by atoms with Crippen molar-refractivity contribution in [3.05, 3.63) is 89.3 Å². The Balaban J connectivity index is 0.000000302. The van der Waals surface area contributed by atoms with Crippen molar-refractivity contribution in [1.82, 2.24) is 4.98 Å². The van der Waals surface area contributed by atoms with E-state index in [1.165, 1.54) is 79.3 Å². The van der Waals surface area contributed by atoms with Gasteiger partial charge < -0.3 is 14.5 Å². The number of carbonyl (C=O) groups excluding carboxylic acids is 1. The Hall–Kier alpha value is -3.27. The van der Waals surface area contributed by atoms with Crippen molar-refractivity contribution < 1.29 is 34.4 Å². The minimum atomic E-state index is -0.0316. The second kappa shape index (κ2) is 14.7. The van der Waals surface area contributed by atoms with Crippen LogP contribution in [0.5, 0.6) is 0 Å². The van der Waals surface area contributed by atoms with Gasteiger partial charge in [0.25, 0.3) is 0 Å². The van der Waals surface area contributed by atoms with Crippen molar-refractivity contribution in [1.29, 1.82) is 0 Å². The van der Waals surface area contributed by atoms with E-state index in [2.05, 4.69) is 61.7 Å². The number of aromatic nitrogens is 1. The molecule has 0 aliphatic heterocycles. The van der Waals surface area contributed by atoms with E-state index in [-0.39, 0.29) is 43.5 Å². The van der Waals surface area contributed by atoms with Gasteiger partial charge in [0, 0.05) is 49.6 Å². The molecule has 4 nitrogen and oxygen atoms in total. The Morgan fingerprint density at radius 2 is 1.54 bits per heavy atom. The van der Waals surface area contributed by atoms with Gasteiger partial charge in [0.05, 0.1) is 11.3 Å². The predicted octanol–water partition coefficient (Wildman–Crippen LogP) is 11.5. The Kier molecular flexibility index (Phi) is 10.9. The van der Waals surface area contributed by atoms with Gasteiger partial charge >= 0.3 is 0 Å². The van der Waals surface area contributed by atoms with Gasteiger partial charge in [-0.25, -0.2) is 0 Å². The van der Waals surface area contributed by atoms with E-state index in [9.17, 15) is 9.90 Å². The number of fused-ring (bicyclic) bond motifs is 4. The predicted molar refractivity (Wildman–Crippen MR) is 186 cm³/mol. The summed E-state index contributed by atoms with van der Waals surface area (Å²) in [6.07, 6.45) is 14.1. The Morgan fingerprint density at radius 3 is 2.22 bits per heavy atom. The number of ketones is 1. The molecular weight excluding hydrogens is 747 g/mol. The first-order valence-corrected chi connectivity index (χ1v) is 16.9. The normalized spacial score (nSPS) is 16.0. The van der Waals surface area contributed by atoms with Crippen LogP contribution in [0.4, 0.5) is 0 Å². The Labute approximate surface area is 287 Å². The van der Waals surface area contributed by atoms with Gasteiger partial charge in [0.2, 0.25) is 0 Å².